The molecule has 0 saturated heterocycles. The standard InChI is InChI=1S/C10H8ClFN4OS/c11-3-8(17)14-5-9-15-16-10(18-9)6-1-2-13-4-7(6)12/h1-2,4H,3,5H2,(H,14,17). The Morgan fingerprint density at radius 1 is 1.50 bits per heavy atom. The highest BCUT2D eigenvalue weighted by atomic mass is 35.5. The van der Waals surface area contributed by atoms with Crippen molar-refractivity contribution in [2.24, 2.45) is 0 Å². The van der Waals surface area contributed by atoms with Gasteiger partial charge >= 0.3 is 0 Å². The summed E-state index contributed by atoms with van der Waals surface area (Å²) in [4.78, 5) is 14.6. The summed E-state index contributed by atoms with van der Waals surface area (Å²) in [5.74, 6) is -0.849. The van der Waals surface area contributed by atoms with Crippen LogP contribution in [0.1, 0.15) is 5.01 Å². The monoisotopic (exact) mass is 286 g/mol. The van der Waals surface area contributed by atoms with Gasteiger partial charge in [-0.2, -0.15) is 0 Å². The molecule has 5 nitrogen and oxygen atoms in total. The molecular formula is C10H8ClFN4OS. The Hall–Kier alpha value is -1.60. The van der Waals surface area contributed by atoms with E-state index < -0.39 is 5.82 Å². The molecular weight excluding hydrogens is 279 g/mol. The minimum absolute atomic E-state index is 0.107. The number of alkyl halides is 1. The van der Waals surface area contributed by atoms with Crippen LogP contribution in [0.15, 0.2) is 18.5 Å². The van der Waals surface area contributed by atoms with E-state index in [4.69, 9.17) is 11.6 Å². The molecule has 1 N–H and O–H groups in total. The van der Waals surface area contributed by atoms with E-state index in [2.05, 4.69) is 20.5 Å². The van der Waals surface area contributed by atoms with Crippen LogP contribution in [0, 0.1) is 5.82 Å². The maximum absolute atomic E-state index is 13.4. The predicted molar refractivity (Wildman–Crippen MR) is 65.7 cm³/mol. The first-order valence-electron chi connectivity index (χ1n) is 4.95. The summed E-state index contributed by atoms with van der Waals surface area (Å²) in [6, 6.07) is 1.52. The molecule has 0 aliphatic rings. The quantitative estimate of drug-likeness (QED) is 0.867. The van der Waals surface area contributed by atoms with Crippen LogP contribution >= 0.6 is 22.9 Å². The summed E-state index contributed by atoms with van der Waals surface area (Å²) in [6.07, 6.45) is 2.60. The Kier molecular flexibility index (Phi) is 4.16. The van der Waals surface area contributed by atoms with Crippen molar-refractivity contribution in [3.63, 3.8) is 0 Å². The number of halogens is 2. The smallest absolute Gasteiger partial charge is 0.235 e. The molecule has 0 radical (unpaired) electrons. The molecule has 0 unspecified atom stereocenters. The molecule has 94 valence electrons. The highest BCUT2D eigenvalue weighted by Gasteiger charge is 2.11. The van der Waals surface area contributed by atoms with Crippen LogP contribution in [0.4, 0.5) is 4.39 Å². The molecule has 0 spiro atoms. The van der Waals surface area contributed by atoms with Crippen molar-refractivity contribution in [1.82, 2.24) is 20.5 Å². The van der Waals surface area contributed by atoms with Crippen LogP contribution in [0.25, 0.3) is 10.6 Å². The zero-order valence-corrected chi connectivity index (χ0v) is 10.6. The molecule has 1 amide bonds. The zero-order chi connectivity index (χ0) is 13.0. The van der Waals surface area contributed by atoms with E-state index in [0.717, 1.165) is 6.20 Å². The second kappa shape index (κ2) is 5.83. The van der Waals surface area contributed by atoms with E-state index >= 15 is 0 Å². The van der Waals surface area contributed by atoms with Gasteiger partial charge in [0.1, 0.15) is 10.9 Å². The molecule has 2 heterocycles. The van der Waals surface area contributed by atoms with Gasteiger partial charge in [-0.25, -0.2) is 4.39 Å². The van der Waals surface area contributed by atoms with Crippen molar-refractivity contribution in [3.8, 4) is 10.6 Å². The highest BCUT2D eigenvalue weighted by molar-refractivity contribution is 7.14. The zero-order valence-electron chi connectivity index (χ0n) is 9.06. The molecule has 0 fully saturated rings. The fraction of sp³-hybridized carbons (Fsp3) is 0.200. The van der Waals surface area contributed by atoms with Crippen molar-refractivity contribution < 1.29 is 9.18 Å². The summed E-state index contributed by atoms with van der Waals surface area (Å²) in [6.45, 7) is 0.232. The molecule has 2 rings (SSSR count). The van der Waals surface area contributed by atoms with Crippen LogP contribution in [0.5, 0.6) is 0 Å². The number of carbonyl (C=O) groups is 1. The second-order valence-corrected chi connectivity index (χ2v) is 4.60. The topological polar surface area (TPSA) is 67.8 Å². The van der Waals surface area contributed by atoms with Crippen LogP contribution in [-0.4, -0.2) is 27.0 Å². The van der Waals surface area contributed by atoms with Gasteiger partial charge in [0.2, 0.25) is 5.91 Å². The molecule has 2 aromatic rings. The second-order valence-electron chi connectivity index (χ2n) is 3.27. The lowest BCUT2D eigenvalue weighted by molar-refractivity contribution is -0.118. The highest BCUT2D eigenvalue weighted by Crippen LogP contribution is 2.25. The third-order valence-electron chi connectivity index (χ3n) is 2.03. The molecule has 0 aliphatic heterocycles. The Balaban J connectivity index is 2.11. The molecule has 0 aliphatic carbocycles. The van der Waals surface area contributed by atoms with Gasteiger partial charge in [0.15, 0.2) is 10.8 Å². The van der Waals surface area contributed by atoms with E-state index in [9.17, 15) is 9.18 Å². The molecule has 0 aromatic carbocycles. The maximum atomic E-state index is 13.4. The Morgan fingerprint density at radius 3 is 3.06 bits per heavy atom. The number of carbonyl (C=O) groups excluding carboxylic acids is 1. The first-order valence-corrected chi connectivity index (χ1v) is 6.30. The molecule has 8 heteroatoms. The van der Waals surface area contributed by atoms with Crippen molar-refractivity contribution in [2.45, 2.75) is 6.54 Å². The van der Waals surface area contributed by atoms with Crippen molar-refractivity contribution in [2.75, 3.05) is 5.88 Å². The first kappa shape index (κ1) is 12.8. The van der Waals surface area contributed by atoms with Crippen LogP contribution in [0.3, 0.4) is 0 Å². The number of amides is 1. The van der Waals surface area contributed by atoms with Gasteiger partial charge in [0.05, 0.1) is 18.3 Å². The molecule has 0 atom stereocenters. The van der Waals surface area contributed by atoms with E-state index in [0.29, 0.717) is 15.6 Å². The van der Waals surface area contributed by atoms with Crippen LogP contribution in [0.2, 0.25) is 0 Å². The van der Waals surface area contributed by atoms with Gasteiger partial charge in [-0.3, -0.25) is 9.78 Å². The van der Waals surface area contributed by atoms with Gasteiger partial charge in [0.25, 0.3) is 0 Å². The lowest BCUT2D eigenvalue weighted by Gasteiger charge is -1.97. The summed E-state index contributed by atoms with van der Waals surface area (Å²) >= 11 is 6.54. The van der Waals surface area contributed by atoms with Crippen LogP contribution < -0.4 is 5.32 Å². The van der Waals surface area contributed by atoms with Gasteiger partial charge in [-0.1, -0.05) is 11.3 Å². The number of nitrogens with one attached hydrogen (secondary N) is 1. The fourth-order valence-electron chi connectivity index (χ4n) is 1.20. The summed E-state index contributed by atoms with van der Waals surface area (Å²) < 4.78 is 13.4. The van der Waals surface area contributed by atoms with Gasteiger partial charge in [-0.15, -0.1) is 21.8 Å². The molecule has 0 saturated carbocycles. The number of nitrogens with zero attached hydrogens (tertiary/aromatic N) is 3. The normalized spacial score (nSPS) is 10.3. The van der Waals surface area contributed by atoms with E-state index in [1.165, 1.54) is 23.6 Å². The minimum Gasteiger partial charge on any atom is -0.348 e. The van der Waals surface area contributed by atoms with Crippen molar-refractivity contribution in [3.05, 3.63) is 29.3 Å². The number of hydrogen-bond acceptors (Lipinski definition) is 5. The van der Waals surface area contributed by atoms with E-state index in [-0.39, 0.29) is 18.3 Å². The number of hydrogen-bond donors (Lipinski definition) is 1. The lowest BCUT2D eigenvalue weighted by Crippen LogP contribution is -2.23. The average Bonchev–Trinajstić information content (AvgIpc) is 2.85. The number of rotatable bonds is 4. The largest absolute Gasteiger partial charge is 0.348 e. The SMILES string of the molecule is O=C(CCl)NCc1nnc(-c2ccncc2F)s1. The molecule has 18 heavy (non-hydrogen) atoms. The van der Waals surface area contributed by atoms with Gasteiger partial charge < -0.3 is 5.32 Å². The third kappa shape index (κ3) is 2.99. The maximum Gasteiger partial charge on any atom is 0.235 e. The summed E-state index contributed by atoms with van der Waals surface area (Å²) in [5.41, 5.74) is 0.345. The minimum atomic E-state index is -0.454. The van der Waals surface area contributed by atoms with Crippen LogP contribution in [-0.2, 0) is 11.3 Å². The predicted octanol–water partition coefficient (Wildman–Crippen LogP) is 1.59. The molecule has 0 bridgehead atoms. The fourth-order valence-corrected chi connectivity index (χ4v) is 2.10. The Bertz CT molecular complexity index is 562. The number of pyridine rings is 1. The first-order chi connectivity index (χ1) is 8.70. The molecule has 2 aromatic heterocycles. The Morgan fingerprint density at radius 2 is 2.33 bits per heavy atom. The average molecular weight is 287 g/mol. The van der Waals surface area contributed by atoms with Gasteiger partial charge in [0, 0.05) is 6.20 Å². The summed E-state index contributed by atoms with van der Waals surface area (Å²) in [7, 11) is 0. The van der Waals surface area contributed by atoms with Gasteiger partial charge in [-0.05, 0) is 6.07 Å². The van der Waals surface area contributed by atoms with Crippen molar-refractivity contribution in [1.29, 1.82) is 0 Å². The number of aromatic nitrogens is 3. The Labute approximate surface area is 111 Å². The summed E-state index contributed by atoms with van der Waals surface area (Å²) in [5, 5.41) is 11.3. The van der Waals surface area contributed by atoms with Crippen molar-refractivity contribution >= 4 is 28.8 Å². The van der Waals surface area contributed by atoms with E-state index in [1.807, 2.05) is 0 Å². The third-order valence-corrected chi connectivity index (χ3v) is 3.23. The van der Waals surface area contributed by atoms with E-state index in [1.54, 1.807) is 0 Å². The lowest BCUT2D eigenvalue weighted by atomic mass is 10.3.